The molecule has 1 saturated heterocycles. The van der Waals surface area contributed by atoms with Crippen molar-refractivity contribution in [2.75, 3.05) is 24.1 Å². The van der Waals surface area contributed by atoms with Crippen LogP contribution in [0.2, 0.25) is 0 Å². The van der Waals surface area contributed by atoms with Crippen molar-refractivity contribution in [3.63, 3.8) is 0 Å². The van der Waals surface area contributed by atoms with Gasteiger partial charge in [0.05, 0.1) is 17.7 Å². The zero-order chi connectivity index (χ0) is 15.6. The molecule has 0 bridgehead atoms. The normalized spacial score (nSPS) is 23.5. The van der Waals surface area contributed by atoms with Gasteiger partial charge >= 0.3 is 0 Å². The first kappa shape index (κ1) is 15.8. The van der Waals surface area contributed by atoms with Gasteiger partial charge in [-0.1, -0.05) is 0 Å². The predicted molar refractivity (Wildman–Crippen MR) is 85.1 cm³/mol. The number of ether oxygens (including phenoxy) is 1. The minimum absolute atomic E-state index is 0.00956. The van der Waals surface area contributed by atoms with Gasteiger partial charge in [-0.3, -0.25) is 9.69 Å². The number of nitrogens with zero attached hydrogens (tertiary/aromatic N) is 1. The average molecular weight is 291 g/mol. The van der Waals surface area contributed by atoms with Crippen molar-refractivity contribution in [2.24, 2.45) is 0 Å². The van der Waals surface area contributed by atoms with E-state index in [1.54, 1.807) is 12.1 Å². The highest BCUT2D eigenvalue weighted by molar-refractivity contribution is 5.94. The molecular formula is C16H25N3O2. The highest BCUT2D eigenvalue weighted by atomic mass is 16.5. The monoisotopic (exact) mass is 291 g/mol. The van der Waals surface area contributed by atoms with Crippen molar-refractivity contribution in [2.45, 2.75) is 45.4 Å². The van der Waals surface area contributed by atoms with Gasteiger partial charge in [-0.05, 0) is 52.0 Å². The molecule has 5 heteroatoms. The predicted octanol–water partition coefficient (Wildman–Crippen LogP) is 2.10. The zero-order valence-electron chi connectivity index (χ0n) is 13.2. The molecule has 1 heterocycles. The Morgan fingerprint density at radius 3 is 2.62 bits per heavy atom. The van der Waals surface area contributed by atoms with E-state index < -0.39 is 0 Å². The molecule has 1 aliphatic rings. The number of nitrogen functional groups attached to an aromatic ring is 1. The van der Waals surface area contributed by atoms with Gasteiger partial charge < -0.3 is 15.8 Å². The maximum Gasteiger partial charge on any atom is 0.241 e. The molecule has 21 heavy (non-hydrogen) atoms. The van der Waals surface area contributed by atoms with Crippen LogP contribution in [-0.2, 0) is 9.53 Å². The van der Waals surface area contributed by atoms with E-state index in [1.807, 2.05) is 26.0 Å². The zero-order valence-corrected chi connectivity index (χ0v) is 13.2. The Bertz CT molecular complexity index is 499. The number of morpholine rings is 1. The number of rotatable bonds is 3. The molecule has 0 spiro atoms. The smallest absolute Gasteiger partial charge is 0.241 e. The van der Waals surface area contributed by atoms with Crippen molar-refractivity contribution in [1.29, 1.82) is 0 Å². The number of carbonyl (C=O) groups is 1. The van der Waals surface area contributed by atoms with Gasteiger partial charge in [-0.25, -0.2) is 0 Å². The number of hydrogen-bond donors (Lipinski definition) is 2. The van der Waals surface area contributed by atoms with Crippen molar-refractivity contribution in [3.8, 4) is 0 Å². The molecular weight excluding hydrogens is 266 g/mol. The van der Waals surface area contributed by atoms with E-state index in [2.05, 4.69) is 24.1 Å². The van der Waals surface area contributed by atoms with Crippen LogP contribution in [0.3, 0.4) is 0 Å². The van der Waals surface area contributed by atoms with E-state index in [9.17, 15) is 4.79 Å². The van der Waals surface area contributed by atoms with Crippen molar-refractivity contribution < 1.29 is 9.53 Å². The van der Waals surface area contributed by atoms with Gasteiger partial charge in [-0.2, -0.15) is 0 Å². The quantitative estimate of drug-likeness (QED) is 0.837. The summed E-state index contributed by atoms with van der Waals surface area (Å²) < 4.78 is 5.88. The molecule has 3 N–H and O–H groups in total. The number of nitrogens with two attached hydrogens (primary N) is 1. The number of nitrogens with one attached hydrogen (secondary N) is 1. The molecule has 2 rings (SSSR count). The fourth-order valence-electron chi connectivity index (χ4n) is 2.78. The van der Waals surface area contributed by atoms with Crippen LogP contribution in [-0.4, -0.2) is 41.6 Å². The fraction of sp³-hybridized carbons (Fsp3) is 0.562. The number of amides is 1. The molecule has 1 aromatic rings. The van der Waals surface area contributed by atoms with Gasteiger partial charge in [0.1, 0.15) is 0 Å². The molecule has 116 valence electrons. The van der Waals surface area contributed by atoms with E-state index in [-0.39, 0.29) is 23.7 Å². The SMILES string of the molecule is CC1CN(C(C)C(=O)Nc2ccc(N)cc2)CC(C)(C)O1. The molecule has 1 amide bonds. The van der Waals surface area contributed by atoms with Gasteiger partial charge in [0.2, 0.25) is 5.91 Å². The Balaban J connectivity index is 2.00. The number of benzene rings is 1. The van der Waals surface area contributed by atoms with Crippen LogP contribution in [0, 0.1) is 0 Å². The Labute approximate surface area is 126 Å². The number of hydrogen-bond acceptors (Lipinski definition) is 4. The van der Waals surface area contributed by atoms with Gasteiger partial charge in [0.15, 0.2) is 0 Å². The molecule has 1 aliphatic heterocycles. The van der Waals surface area contributed by atoms with Crippen molar-refractivity contribution in [3.05, 3.63) is 24.3 Å². The Hall–Kier alpha value is -1.59. The summed E-state index contributed by atoms with van der Waals surface area (Å²) >= 11 is 0. The molecule has 0 radical (unpaired) electrons. The van der Waals surface area contributed by atoms with Crippen LogP contribution in [0.25, 0.3) is 0 Å². The lowest BCUT2D eigenvalue weighted by atomic mass is 10.0. The van der Waals surface area contributed by atoms with E-state index in [1.165, 1.54) is 0 Å². The Morgan fingerprint density at radius 1 is 1.43 bits per heavy atom. The standard InChI is InChI=1S/C16H25N3O2/c1-11-9-19(10-16(3,4)21-11)12(2)15(20)18-14-7-5-13(17)6-8-14/h5-8,11-12H,9-10,17H2,1-4H3,(H,18,20). The highest BCUT2D eigenvalue weighted by Crippen LogP contribution is 2.23. The van der Waals surface area contributed by atoms with Gasteiger partial charge in [0, 0.05) is 24.5 Å². The fourth-order valence-corrected chi connectivity index (χ4v) is 2.78. The molecule has 1 fully saturated rings. The molecule has 0 saturated carbocycles. The van der Waals surface area contributed by atoms with Crippen LogP contribution in [0.4, 0.5) is 11.4 Å². The third-order valence-corrected chi connectivity index (χ3v) is 3.70. The highest BCUT2D eigenvalue weighted by Gasteiger charge is 2.35. The molecule has 0 aliphatic carbocycles. The third-order valence-electron chi connectivity index (χ3n) is 3.70. The molecule has 0 aromatic heterocycles. The second-order valence-corrected chi connectivity index (χ2v) is 6.40. The van der Waals surface area contributed by atoms with E-state index in [0.29, 0.717) is 5.69 Å². The third kappa shape index (κ3) is 4.19. The summed E-state index contributed by atoms with van der Waals surface area (Å²) in [5.41, 5.74) is 6.87. The molecule has 2 unspecified atom stereocenters. The lowest BCUT2D eigenvalue weighted by Crippen LogP contribution is -2.56. The summed E-state index contributed by atoms with van der Waals surface area (Å²) in [4.78, 5) is 14.6. The summed E-state index contributed by atoms with van der Waals surface area (Å²) in [6, 6.07) is 6.98. The van der Waals surface area contributed by atoms with Crippen molar-refractivity contribution in [1.82, 2.24) is 4.90 Å². The number of anilines is 2. The average Bonchev–Trinajstić information content (AvgIpc) is 2.38. The van der Waals surface area contributed by atoms with Crippen molar-refractivity contribution >= 4 is 17.3 Å². The van der Waals surface area contributed by atoms with E-state index >= 15 is 0 Å². The second kappa shape index (κ2) is 6.03. The lowest BCUT2D eigenvalue weighted by Gasteiger charge is -2.43. The van der Waals surface area contributed by atoms with Crippen LogP contribution < -0.4 is 11.1 Å². The van der Waals surface area contributed by atoms with Crippen LogP contribution in [0.15, 0.2) is 24.3 Å². The van der Waals surface area contributed by atoms with E-state index in [0.717, 1.165) is 18.8 Å². The summed E-state index contributed by atoms with van der Waals surface area (Å²) in [6.07, 6.45) is 0.125. The first-order chi connectivity index (χ1) is 9.77. The van der Waals surface area contributed by atoms with Gasteiger partial charge in [-0.15, -0.1) is 0 Å². The lowest BCUT2D eigenvalue weighted by molar-refractivity contribution is -0.145. The molecule has 2 atom stereocenters. The van der Waals surface area contributed by atoms with E-state index in [4.69, 9.17) is 10.5 Å². The maximum absolute atomic E-state index is 12.4. The number of carbonyl (C=O) groups excluding carboxylic acids is 1. The molecule has 1 aromatic carbocycles. The topological polar surface area (TPSA) is 67.6 Å². The first-order valence-corrected chi connectivity index (χ1v) is 7.35. The maximum atomic E-state index is 12.4. The first-order valence-electron chi connectivity index (χ1n) is 7.35. The minimum atomic E-state index is -0.229. The van der Waals surface area contributed by atoms with Crippen LogP contribution in [0.5, 0.6) is 0 Å². The summed E-state index contributed by atoms with van der Waals surface area (Å²) in [5.74, 6) is -0.00956. The summed E-state index contributed by atoms with van der Waals surface area (Å²) in [5, 5.41) is 2.93. The Morgan fingerprint density at radius 2 is 2.05 bits per heavy atom. The minimum Gasteiger partial charge on any atom is -0.399 e. The summed E-state index contributed by atoms with van der Waals surface area (Å²) in [6.45, 7) is 9.59. The van der Waals surface area contributed by atoms with Crippen LogP contribution in [0.1, 0.15) is 27.7 Å². The second-order valence-electron chi connectivity index (χ2n) is 6.40. The molecule has 5 nitrogen and oxygen atoms in total. The van der Waals surface area contributed by atoms with Crippen LogP contribution >= 0.6 is 0 Å². The largest absolute Gasteiger partial charge is 0.399 e. The summed E-state index contributed by atoms with van der Waals surface area (Å²) in [7, 11) is 0. The van der Waals surface area contributed by atoms with Gasteiger partial charge in [0.25, 0.3) is 0 Å². The Kier molecular flexibility index (Phi) is 4.54.